The molecular weight excluding hydrogens is 326 g/mol. The average Bonchev–Trinajstić information content (AvgIpc) is 3.29. The van der Waals surface area contributed by atoms with Crippen LogP contribution in [0.25, 0.3) is 0 Å². The number of rotatable bonds is 3. The van der Waals surface area contributed by atoms with E-state index < -0.39 is 0 Å². The molecule has 1 amide bonds. The van der Waals surface area contributed by atoms with E-state index in [9.17, 15) is 4.79 Å². The maximum atomic E-state index is 13.1. The van der Waals surface area contributed by atoms with Crippen LogP contribution in [0.2, 0.25) is 0 Å². The lowest BCUT2D eigenvalue weighted by molar-refractivity contribution is -0.143. The minimum absolute atomic E-state index is 0.169. The summed E-state index contributed by atoms with van der Waals surface area (Å²) in [5.74, 6) is 0.553. The van der Waals surface area contributed by atoms with Crippen molar-refractivity contribution >= 4 is 5.91 Å². The van der Waals surface area contributed by atoms with Gasteiger partial charge in [-0.15, -0.1) is 0 Å². The molecule has 2 heterocycles. The molecule has 26 heavy (non-hydrogen) atoms. The van der Waals surface area contributed by atoms with Crippen LogP contribution < -0.4 is 0 Å². The number of morpholine rings is 1. The third kappa shape index (κ3) is 3.36. The Kier molecular flexibility index (Phi) is 4.97. The van der Waals surface area contributed by atoms with E-state index in [1.165, 1.54) is 18.4 Å². The Morgan fingerprint density at radius 1 is 1.19 bits per heavy atom. The maximum Gasteiger partial charge on any atom is 0.226 e. The van der Waals surface area contributed by atoms with Gasteiger partial charge < -0.3 is 9.64 Å². The third-order valence-electron chi connectivity index (χ3n) is 6.48. The molecule has 4 rings (SSSR count). The normalized spacial score (nSPS) is 29.2. The summed E-state index contributed by atoms with van der Waals surface area (Å²) in [5.41, 5.74) is 2.12. The van der Waals surface area contributed by atoms with Gasteiger partial charge in [0.15, 0.2) is 0 Å². The fourth-order valence-electron chi connectivity index (χ4n) is 5.08. The lowest BCUT2D eigenvalue weighted by atomic mass is 9.76. The summed E-state index contributed by atoms with van der Waals surface area (Å²) in [6, 6.07) is 10.1. The van der Waals surface area contributed by atoms with Crippen LogP contribution in [0.5, 0.6) is 0 Å². The molecular formula is C21H27N3O2. The fraction of sp³-hybridized carbons (Fsp3) is 0.619. The highest BCUT2D eigenvalue weighted by Gasteiger charge is 2.51. The van der Waals surface area contributed by atoms with Crippen LogP contribution in [-0.2, 0) is 16.1 Å². The Hall–Kier alpha value is -1.90. The topological polar surface area (TPSA) is 56.6 Å². The minimum atomic E-state index is 0.169. The van der Waals surface area contributed by atoms with Crippen molar-refractivity contribution in [2.45, 2.75) is 32.2 Å². The van der Waals surface area contributed by atoms with E-state index in [1.807, 2.05) is 17.0 Å². The van der Waals surface area contributed by atoms with E-state index in [-0.39, 0.29) is 11.3 Å². The first-order valence-corrected chi connectivity index (χ1v) is 9.78. The first kappa shape index (κ1) is 17.5. The molecule has 1 aromatic carbocycles. The van der Waals surface area contributed by atoms with Crippen molar-refractivity contribution in [3.63, 3.8) is 0 Å². The molecule has 0 bridgehead atoms. The number of hydrogen-bond donors (Lipinski definition) is 0. The molecule has 2 saturated heterocycles. The highest BCUT2D eigenvalue weighted by molar-refractivity contribution is 5.80. The quantitative estimate of drug-likeness (QED) is 0.837. The lowest BCUT2D eigenvalue weighted by Gasteiger charge is -2.36. The van der Waals surface area contributed by atoms with Crippen molar-refractivity contribution in [3.05, 3.63) is 35.4 Å². The fourth-order valence-corrected chi connectivity index (χ4v) is 5.08. The molecule has 5 nitrogen and oxygen atoms in total. The van der Waals surface area contributed by atoms with E-state index in [0.29, 0.717) is 24.7 Å². The van der Waals surface area contributed by atoms with Crippen molar-refractivity contribution < 1.29 is 9.53 Å². The number of benzene rings is 1. The summed E-state index contributed by atoms with van der Waals surface area (Å²) in [6.45, 7) is 5.85. The SMILES string of the molecule is N#Cc1ccc(CN2CCC3(CCCC3C(=O)N3CCOCC3)C2)cc1. The third-order valence-corrected chi connectivity index (χ3v) is 6.48. The zero-order valence-electron chi connectivity index (χ0n) is 15.3. The zero-order valence-corrected chi connectivity index (χ0v) is 15.3. The minimum Gasteiger partial charge on any atom is -0.378 e. The summed E-state index contributed by atoms with van der Waals surface area (Å²) < 4.78 is 5.41. The molecule has 5 heteroatoms. The molecule has 138 valence electrons. The lowest BCUT2D eigenvalue weighted by Crippen LogP contribution is -2.47. The van der Waals surface area contributed by atoms with Gasteiger partial charge in [-0.3, -0.25) is 9.69 Å². The van der Waals surface area contributed by atoms with Crippen LogP contribution >= 0.6 is 0 Å². The second kappa shape index (κ2) is 7.38. The number of hydrogen-bond acceptors (Lipinski definition) is 4. The number of ether oxygens (including phenoxy) is 1. The molecule has 2 atom stereocenters. The Morgan fingerprint density at radius 3 is 2.69 bits per heavy atom. The maximum absolute atomic E-state index is 13.1. The van der Waals surface area contributed by atoms with Crippen LogP contribution in [0.15, 0.2) is 24.3 Å². The van der Waals surface area contributed by atoms with E-state index in [1.54, 1.807) is 0 Å². The molecule has 2 unspecified atom stereocenters. The number of amides is 1. The Bertz CT molecular complexity index is 690. The van der Waals surface area contributed by atoms with Crippen molar-refractivity contribution in [1.29, 1.82) is 5.26 Å². The zero-order chi connectivity index (χ0) is 18.0. The van der Waals surface area contributed by atoms with E-state index >= 15 is 0 Å². The second-order valence-electron chi connectivity index (χ2n) is 8.01. The molecule has 0 radical (unpaired) electrons. The van der Waals surface area contributed by atoms with Crippen molar-refractivity contribution in [2.24, 2.45) is 11.3 Å². The summed E-state index contributed by atoms with van der Waals surface area (Å²) in [5, 5.41) is 8.94. The van der Waals surface area contributed by atoms with Gasteiger partial charge >= 0.3 is 0 Å². The number of nitriles is 1. The van der Waals surface area contributed by atoms with Gasteiger partial charge in [-0.1, -0.05) is 18.6 Å². The van der Waals surface area contributed by atoms with Gasteiger partial charge in [-0.2, -0.15) is 5.26 Å². The largest absolute Gasteiger partial charge is 0.378 e. The van der Waals surface area contributed by atoms with E-state index in [4.69, 9.17) is 10.00 Å². The second-order valence-corrected chi connectivity index (χ2v) is 8.01. The average molecular weight is 353 g/mol. The number of carbonyl (C=O) groups is 1. The molecule has 1 aromatic rings. The molecule has 2 aliphatic heterocycles. The van der Waals surface area contributed by atoms with Crippen LogP contribution in [0, 0.1) is 22.7 Å². The smallest absolute Gasteiger partial charge is 0.226 e. The van der Waals surface area contributed by atoms with Crippen LogP contribution in [0.1, 0.15) is 36.8 Å². The monoisotopic (exact) mass is 353 g/mol. The van der Waals surface area contributed by atoms with Gasteiger partial charge in [0.25, 0.3) is 0 Å². The van der Waals surface area contributed by atoms with Crippen LogP contribution in [-0.4, -0.2) is 55.1 Å². The molecule has 1 saturated carbocycles. The predicted octanol–water partition coefficient (Wildman–Crippen LogP) is 2.41. The summed E-state index contributed by atoms with van der Waals surface area (Å²) in [7, 11) is 0. The van der Waals surface area contributed by atoms with Gasteiger partial charge in [-0.25, -0.2) is 0 Å². The van der Waals surface area contributed by atoms with Gasteiger partial charge in [0.05, 0.1) is 24.8 Å². The van der Waals surface area contributed by atoms with Crippen molar-refractivity contribution in [3.8, 4) is 6.07 Å². The van der Waals surface area contributed by atoms with Gasteiger partial charge in [0.1, 0.15) is 0 Å². The van der Waals surface area contributed by atoms with E-state index in [2.05, 4.69) is 23.1 Å². The first-order valence-electron chi connectivity index (χ1n) is 9.78. The molecule has 0 aromatic heterocycles. The molecule has 0 N–H and O–H groups in total. The Labute approximate surface area is 155 Å². The Morgan fingerprint density at radius 2 is 1.96 bits per heavy atom. The Balaban J connectivity index is 1.41. The summed E-state index contributed by atoms with van der Waals surface area (Å²) in [6.07, 6.45) is 4.52. The number of nitrogens with zero attached hydrogens (tertiary/aromatic N) is 3. The number of likely N-dealkylation sites (tertiary alicyclic amines) is 1. The van der Waals surface area contributed by atoms with Crippen LogP contribution in [0.4, 0.5) is 0 Å². The molecule has 3 aliphatic rings. The van der Waals surface area contributed by atoms with E-state index in [0.717, 1.165) is 45.6 Å². The summed E-state index contributed by atoms with van der Waals surface area (Å²) >= 11 is 0. The van der Waals surface area contributed by atoms with Gasteiger partial charge in [0.2, 0.25) is 5.91 Å². The van der Waals surface area contributed by atoms with Crippen LogP contribution in [0.3, 0.4) is 0 Å². The molecule has 1 spiro atoms. The predicted molar refractivity (Wildman–Crippen MR) is 98.2 cm³/mol. The summed E-state index contributed by atoms with van der Waals surface area (Å²) in [4.78, 5) is 17.6. The van der Waals surface area contributed by atoms with Crippen molar-refractivity contribution in [1.82, 2.24) is 9.80 Å². The standard InChI is InChI=1S/C21H27N3O2/c22-14-17-3-5-18(6-4-17)15-23-9-8-21(16-23)7-1-2-19(21)20(25)24-10-12-26-13-11-24/h3-6,19H,1-2,7-13,15-16H2. The van der Waals surface area contributed by atoms with Gasteiger partial charge in [-0.05, 0) is 48.9 Å². The number of carbonyl (C=O) groups excluding carboxylic acids is 1. The highest BCUT2D eigenvalue weighted by atomic mass is 16.5. The van der Waals surface area contributed by atoms with Gasteiger partial charge in [0, 0.05) is 32.1 Å². The molecule has 3 fully saturated rings. The highest BCUT2D eigenvalue weighted by Crippen LogP contribution is 2.50. The first-order chi connectivity index (χ1) is 12.7. The molecule has 1 aliphatic carbocycles. The van der Waals surface area contributed by atoms with Crippen molar-refractivity contribution in [2.75, 3.05) is 39.4 Å².